The minimum atomic E-state index is -3.55. The van der Waals surface area contributed by atoms with Crippen LogP contribution >= 0.6 is 11.8 Å². The molecule has 8 nitrogen and oxygen atoms in total. The largest absolute Gasteiger partial charge is 0.422 e. The Balaban J connectivity index is 2.24. The first kappa shape index (κ1) is 14.8. The van der Waals surface area contributed by atoms with Crippen LogP contribution in [0.2, 0.25) is 0 Å². The summed E-state index contributed by atoms with van der Waals surface area (Å²) in [6.07, 6.45) is 0. The van der Waals surface area contributed by atoms with Crippen molar-refractivity contribution >= 4 is 38.7 Å². The Kier molecular flexibility index (Phi) is 3.56. The molecule has 3 aromatic rings. The van der Waals surface area contributed by atoms with Gasteiger partial charge < -0.3 is 4.42 Å². The Bertz CT molecular complexity index is 997. The quantitative estimate of drug-likeness (QED) is 0.662. The Labute approximate surface area is 130 Å². The third-order valence-electron chi connectivity index (χ3n) is 3.02. The summed E-state index contributed by atoms with van der Waals surface area (Å²) in [5.41, 5.74) is 1.05. The lowest BCUT2D eigenvalue weighted by atomic mass is 10.3. The van der Waals surface area contributed by atoms with Gasteiger partial charge in [-0.2, -0.15) is 5.26 Å². The first-order valence-electron chi connectivity index (χ1n) is 6.15. The second-order valence-corrected chi connectivity index (χ2v) is 7.66. The predicted octanol–water partition coefficient (Wildman–Crippen LogP) is 1.34. The van der Waals surface area contributed by atoms with Crippen molar-refractivity contribution < 1.29 is 12.8 Å². The van der Waals surface area contributed by atoms with Gasteiger partial charge in [-0.1, -0.05) is 16.9 Å². The maximum Gasteiger partial charge on any atom is 0.328 e. The van der Waals surface area contributed by atoms with Gasteiger partial charge >= 0.3 is 5.84 Å². The molecule has 2 aromatic heterocycles. The van der Waals surface area contributed by atoms with Gasteiger partial charge in [-0.25, -0.2) is 17.1 Å². The van der Waals surface area contributed by atoms with Crippen molar-refractivity contribution in [3.8, 4) is 6.07 Å². The molecule has 0 aliphatic carbocycles. The standard InChI is InChI=1S/C12H11N5O3S2/c1-16(2)22(18,19)8-3-4-10-9(7-8)17-11(20-10)14-15-12(17)21-6-5-13/h3-4,7H,6H2,1-2H3. The van der Waals surface area contributed by atoms with E-state index in [0.717, 1.165) is 4.31 Å². The summed E-state index contributed by atoms with van der Waals surface area (Å²) < 4.78 is 32.7. The average Bonchev–Trinajstić information content (AvgIpc) is 3.03. The Morgan fingerprint density at radius 3 is 2.86 bits per heavy atom. The van der Waals surface area contributed by atoms with Crippen molar-refractivity contribution in [2.45, 2.75) is 10.1 Å². The van der Waals surface area contributed by atoms with Crippen molar-refractivity contribution in [3.63, 3.8) is 0 Å². The number of thioether (sulfide) groups is 1. The van der Waals surface area contributed by atoms with Crippen LogP contribution in [0.1, 0.15) is 0 Å². The number of oxazole rings is 1. The minimum Gasteiger partial charge on any atom is -0.422 e. The van der Waals surface area contributed by atoms with Gasteiger partial charge in [0.1, 0.15) is 0 Å². The fourth-order valence-corrected chi connectivity index (χ4v) is 3.47. The highest BCUT2D eigenvalue weighted by molar-refractivity contribution is 7.99. The minimum absolute atomic E-state index is 0.151. The maximum absolute atomic E-state index is 12.2. The van der Waals surface area contributed by atoms with Gasteiger partial charge in [-0.15, -0.1) is 5.10 Å². The van der Waals surface area contributed by atoms with E-state index in [1.54, 1.807) is 10.5 Å². The van der Waals surface area contributed by atoms with Gasteiger partial charge in [0.2, 0.25) is 10.0 Å². The van der Waals surface area contributed by atoms with Crippen LogP contribution in [-0.4, -0.2) is 47.2 Å². The number of nitriles is 1. The van der Waals surface area contributed by atoms with Crippen LogP contribution in [0.5, 0.6) is 0 Å². The Hall–Kier alpha value is -2.09. The zero-order valence-electron chi connectivity index (χ0n) is 11.7. The molecule has 3 rings (SSSR count). The van der Waals surface area contributed by atoms with Gasteiger partial charge in [0.25, 0.3) is 0 Å². The molecule has 0 saturated heterocycles. The van der Waals surface area contributed by atoms with Crippen LogP contribution in [0.15, 0.2) is 32.7 Å². The fraction of sp³-hybridized carbons (Fsp3) is 0.250. The molecule has 0 amide bonds. The van der Waals surface area contributed by atoms with Crippen molar-refractivity contribution in [2.24, 2.45) is 0 Å². The molecule has 0 aliphatic heterocycles. The molecule has 0 radical (unpaired) electrons. The number of hydrogen-bond donors (Lipinski definition) is 0. The zero-order valence-corrected chi connectivity index (χ0v) is 13.3. The topological polar surface area (TPSA) is 104 Å². The zero-order chi connectivity index (χ0) is 15.9. The molecule has 0 spiro atoms. The van der Waals surface area contributed by atoms with Crippen molar-refractivity contribution in [1.29, 1.82) is 5.26 Å². The smallest absolute Gasteiger partial charge is 0.328 e. The van der Waals surface area contributed by atoms with E-state index in [2.05, 4.69) is 10.2 Å². The van der Waals surface area contributed by atoms with E-state index in [-0.39, 0.29) is 16.5 Å². The van der Waals surface area contributed by atoms with Gasteiger partial charge in [0.05, 0.1) is 22.2 Å². The number of nitrogens with zero attached hydrogens (tertiary/aromatic N) is 5. The van der Waals surface area contributed by atoms with Crippen LogP contribution in [0.3, 0.4) is 0 Å². The molecule has 0 N–H and O–H groups in total. The van der Waals surface area contributed by atoms with Crippen LogP contribution < -0.4 is 0 Å². The number of benzene rings is 1. The summed E-state index contributed by atoms with van der Waals surface area (Å²) in [6.45, 7) is 0. The Morgan fingerprint density at radius 2 is 2.18 bits per heavy atom. The molecule has 0 fully saturated rings. The van der Waals surface area contributed by atoms with Gasteiger partial charge in [0.15, 0.2) is 10.7 Å². The normalized spacial score (nSPS) is 12.3. The molecule has 2 heterocycles. The molecule has 1 aromatic carbocycles. The number of aromatic nitrogens is 3. The van der Waals surface area contributed by atoms with E-state index >= 15 is 0 Å². The van der Waals surface area contributed by atoms with Gasteiger partial charge in [-0.3, -0.25) is 0 Å². The molecule has 0 saturated carbocycles. The molecule has 22 heavy (non-hydrogen) atoms. The van der Waals surface area contributed by atoms with Crippen molar-refractivity contribution in [2.75, 3.05) is 19.8 Å². The lowest BCUT2D eigenvalue weighted by Crippen LogP contribution is -2.22. The average molecular weight is 337 g/mol. The van der Waals surface area contributed by atoms with E-state index in [0.29, 0.717) is 16.3 Å². The molecule has 114 valence electrons. The van der Waals surface area contributed by atoms with Crippen LogP contribution in [0, 0.1) is 11.3 Å². The summed E-state index contributed by atoms with van der Waals surface area (Å²) in [4.78, 5) is 0.151. The van der Waals surface area contributed by atoms with Crippen LogP contribution in [0.4, 0.5) is 0 Å². The van der Waals surface area contributed by atoms with Gasteiger partial charge in [0, 0.05) is 14.1 Å². The van der Waals surface area contributed by atoms with Crippen molar-refractivity contribution in [1.82, 2.24) is 18.9 Å². The number of hydrogen-bond acceptors (Lipinski definition) is 7. The second-order valence-electron chi connectivity index (χ2n) is 4.57. The first-order chi connectivity index (χ1) is 10.4. The van der Waals surface area contributed by atoms with Crippen LogP contribution in [-0.2, 0) is 10.0 Å². The molecule has 0 bridgehead atoms. The first-order valence-corrected chi connectivity index (χ1v) is 8.57. The van der Waals surface area contributed by atoms with E-state index < -0.39 is 10.0 Å². The molecule has 0 unspecified atom stereocenters. The molecular formula is C12H11N5O3S2. The highest BCUT2D eigenvalue weighted by atomic mass is 32.2. The lowest BCUT2D eigenvalue weighted by molar-refractivity contribution is 0.521. The summed E-state index contributed by atoms with van der Waals surface area (Å²) >= 11 is 1.20. The second kappa shape index (κ2) is 5.28. The Morgan fingerprint density at radius 1 is 1.41 bits per heavy atom. The van der Waals surface area contributed by atoms with Gasteiger partial charge in [-0.05, 0) is 18.2 Å². The highest BCUT2D eigenvalue weighted by Crippen LogP contribution is 2.27. The summed E-state index contributed by atoms with van der Waals surface area (Å²) in [6, 6.07) is 6.59. The van der Waals surface area contributed by atoms with E-state index in [1.165, 1.54) is 38.0 Å². The van der Waals surface area contributed by atoms with Crippen LogP contribution in [0.25, 0.3) is 16.9 Å². The number of sulfonamides is 1. The SMILES string of the molecule is CN(C)S(=O)(=O)c1ccc2oc3nnc(SCC#N)n3c2c1. The monoisotopic (exact) mass is 337 g/mol. The maximum atomic E-state index is 12.2. The number of fused-ring (bicyclic) bond motifs is 3. The third-order valence-corrected chi connectivity index (χ3v) is 5.63. The number of rotatable bonds is 4. The van der Waals surface area contributed by atoms with E-state index in [4.69, 9.17) is 9.68 Å². The fourth-order valence-electron chi connectivity index (χ4n) is 1.95. The summed E-state index contributed by atoms with van der Waals surface area (Å²) in [7, 11) is -0.610. The van der Waals surface area contributed by atoms with Crippen molar-refractivity contribution in [3.05, 3.63) is 18.2 Å². The molecule has 10 heteroatoms. The summed E-state index contributed by atoms with van der Waals surface area (Å²) in [5, 5.41) is 17.0. The van der Waals surface area contributed by atoms with E-state index in [9.17, 15) is 8.42 Å². The van der Waals surface area contributed by atoms with E-state index in [1.807, 2.05) is 6.07 Å². The summed E-state index contributed by atoms with van der Waals surface area (Å²) in [5.74, 6) is 0.471. The molecular weight excluding hydrogens is 326 g/mol. The highest BCUT2D eigenvalue weighted by Gasteiger charge is 2.21. The lowest BCUT2D eigenvalue weighted by Gasteiger charge is -2.10. The molecule has 0 aliphatic rings. The third kappa shape index (κ3) is 2.23. The predicted molar refractivity (Wildman–Crippen MR) is 80.0 cm³/mol. The molecule has 0 atom stereocenters.